The van der Waals surface area contributed by atoms with Gasteiger partial charge in [0, 0.05) is 15.8 Å². The zero-order valence-corrected chi connectivity index (χ0v) is 15.4. The van der Waals surface area contributed by atoms with Gasteiger partial charge in [-0.25, -0.2) is 0 Å². The molecule has 3 aromatic rings. The van der Waals surface area contributed by atoms with Crippen LogP contribution < -0.4 is 10.2 Å². The molecule has 0 saturated carbocycles. The monoisotopic (exact) mass is 396 g/mol. The zero-order valence-electron chi connectivity index (χ0n) is 13.0. The van der Waals surface area contributed by atoms with Gasteiger partial charge in [0.2, 0.25) is 0 Å². The third kappa shape index (κ3) is 4.43. The molecule has 2 nitrogen and oxygen atoms in total. The van der Waals surface area contributed by atoms with E-state index in [1.54, 1.807) is 0 Å². The second-order valence-electron chi connectivity index (χ2n) is 5.34. The van der Waals surface area contributed by atoms with E-state index in [4.69, 9.17) is 12.2 Å². The third-order valence-corrected chi connectivity index (χ3v) is 4.44. The number of nitrogens with zero attached hydrogens (tertiary/aromatic N) is 1. The van der Waals surface area contributed by atoms with E-state index in [0.717, 1.165) is 15.8 Å². The summed E-state index contributed by atoms with van der Waals surface area (Å²) in [6.45, 7) is 0.715. The summed E-state index contributed by atoms with van der Waals surface area (Å²) in [5.74, 6) is 0. The largest absolute Gasteiger partial charge is 0.332 e. The van der Waals surface area contributed by atoms with Crippen molar-refractivity contribution in [2.24, 2.45) is 0 Å². The van der Waals surface area contributed by atoms with Gasteiger partial charge in [-0.3, -0.25) is 0 Å². The normalized spacial score (nSPS) is 10.2. The van der Waals surface area contributed by atoms with Crippen molar-refractivity contribution < 1.29 is 0 Å². The Bertz CT molecular complexity index is 789. The van der Waals surface area contributed by atoms with Crippen molar-refractivity contribution in [3.8, 4) is 0 Å². The predicted molar refractivity (Wildman–Crippen MR) is 109 cm³/mol. The van der Waals surface area contributed by atoms with E-state index in [2.05, 4.69) is 50.4 Å². The van der Waals surface area contributed by atoms with Crippen LogP contribution in [0.25, 0.3) is 0 Å². The fraction of sp³-hybridized carbons (Fsp3) is 0.0500. The highest BCUT2D eigenvalue weighted by Crippen LogP contribution is 2.20. The van der Waals surface area contributed by atoms with Crippen LogP contribution in [0.4, 0.5) is 11.4 Å². The van der Waals surface area contributed by atoms with E-state index in [-0.39, 0.29) is 0 Å². The molecule has 0 atom stereocenters. The van der Waals surface area contributed by atoms with Crippen molar-refractivity contribution in [2.75, 3.05) is 10.2 Å². The SMILES string of the molecule is S=C(Nc1ccc(Br)cc1)N(Cc1ccccc1)c1ccccc1. The van der Waals surface area contributed by atoms with E-state index in [1.807, 2.05) is 60.7 Å². The quantitative estimate of drug-likeness (QED) is 0.556. The maximum absolute atomic E-state index is 5.67. The molecular formula is C20H17BrN2S. The lowest BCUT2D eigenvalue weighted by Crippen LogP contribution is -2.34. The van der Waals surface area contributed by atoms with Gasteiger partial charge >= 0.3 is 0 Å². The molecule has 0 aliphatic carbocycles. The topological polar surface area (TPSA) is 15.3 Å². The minimum absolute atomic E-state index is 0.673. The van der Waals surface area contributed by atoms with Gasteiger partial charge in [0.15, 0.2) is 5.11 Å². The van der Waals surface area contributed by atoms with Crippen LogP contribution in [0.2, 0.25) is 0 Å². The molecule has 0 spiro atoms. The van der Waals surface area contributed by atoms with Gasteiger partial charge in [-0.15, -0.1) is 0 Å². The minimum Gasteiger partial charge on any atom is -0.332 e. The molecule has 0 aliphatic heterocycles. The van der Waals surface area contributed by atoms with E-state index < -0.39 is 0 Å². The zero-order chi connectivity index (χ0) is 16.8. The van der Waals surface area contributed by atoms with Crippen LogP contribution in [0, 0.1) is 0 Å². The first kappa shape index (κ1) is 16.7. The maximum atomic E-state index is 5.67. The molecule has 4 heteroatoms. The number of benzene rings is 3. The molecule has 0 heterocycles. The number of thiocarbonyl (C=S) groups is 1. The summed E-state index contributed by atoms with van der Waals surface area (Å²) < 4.78 is 1.04. The Kier molecular flexibility index (Phi) is 5.62. The van der Waals surface area contributed by atoms with Crippen LogP contribution in [-0.2, 0) is 6.54 Å². The lowest BCUT2D eigenvalue weighted by Gasteiger charge is -2.26. The fourth-order valence-electron chi connectivity index (χ4n) is 2.38. The average molecular weight is 397 g/mol. The van der Waals surface area contributed by atoms with Crippen molar-refractivity contribution in [1.82, 2.24) is 0 Å². The summed E-state index contributed by atoms with van der Waals surface area (Å²) in [6.07, 6.45) is 0. The van der Waals surface area contributed by atoms with Crippen molar-refractivity contribution >= 4 is 44.6 Å². The van der Waals surface area contributed by atoms with Crippen molar-refractivity contribution in [2.45, 2.75) is 6.54 Å². The summed E-state index contributed by atoms with van der Waals surface area (Å²) in [5.41, 5.74) is 3.24. The summed E-state index contributed by atoms with van der Waals surface area (Å²) in [7, 11) is 0. The first-order chi connectivity index (χ1) is 11.7. The highest BCUT2D eigenvalue weighted by molar-refractivity contribution is 9.10. The molecule has 120 valence electrons. The molecule has 1 N–H and O–H groups in total. The van der Waals surface area contributed by atoms with Crippen LogP contribution in [0.15, 0.2) is 89.4 Å². The lowest BCUT2D eigenvalue weighted by atomic mass is 10.2. The van der Waals surface area contributed by atoms with Gasteiger partial charge in [-0.2, -0.15) is 0 Å². The molecule has 0 radical (unpaired) electrons. The first-order valence-corrected chi connectivity index (χ1v) is 8.85. The van der Waals surface area contributed by atoms with Crippen molar-refractivity contribution in [3.05, 3.63) is 95.0 Å². The highest BCUT2D eigenvalue weighted by atomic mass is 79.9. The average Bonchev–Trinajstić information content (AvgIpc) is 2.63. The van der Waals surface area contributed by atoms with Crippen molar-refractivity contribution in [3.63, 3.8) is 0 Å². The number of hydrogen-bond acceptors (Lipinski definition) is 1. The number of para-hydroxylation sites is 1. The van der Waals surface area contributed by atoms with E-state index in [1.165, 1.54) is 5.56 Å². The Morgan fingerprint density at radius 2 is 1.42 bits per heavy atom. The number of halogens is 1. The van der Waals surface area contributed by atoms with Crippen molar-refractivity contribution in [1.29, 1.82) is 0 Å². The molecule has 0 unspecified atom stereocenters. The highest BCUT2D eigenvalue weighted by Gasteiger charge is 2.13. The predicted octanol–water partition coefficient (Wildman–Crippen LogP) is 5.85. The Morgan fingerprint density at radius 1 is 0.833 bits per heavy atom. The fourth-order valence-corrected chi connectivity index (χ4v) is 2.93. The summed E-state index contributed by atoms with van der Waals surface area (Å²) >= 11 is 9.13. The van der Waals surface area contributed by atoms with Gasteiger partial charge in [-0.1, -0.05) is 64.5 Å². The smallest absolute Gasteiger partial charge is 0.178 e. The van der Waals surface area contributed by atoms with Gasteiger partial charge in [-0.05, 0) is 54.2 Å². The second kappa shape index (κ2) is 8.08. The molecule has 3 aromatic carbocycles. The Labute approximate surface area is 156 Å². The summed E-state index contributed by atoms with van der Waals surface area (Å²) in [5, 5.41) is 4.00. The molecule has 0 bridgehead atoms. The molecule has 0 saturated heterocycles. The molecule has 0 fully saturated rings. The Morgan fingerprint density at radius 3 is 2.04 bits per heavy atom. The molecule has 0 amide bonds. The molecule has 3 rings (SSSR count). The van der Waals surface area contributed by atoms with Crippen LogP contribution in [-0.4, -0.2) is 5.11 Å². The van der Waals surface area contributed by atoms with Crippen LogP contribution in [0.5, 0.6) is 0 Å². The minimum atomic E-state index is 0.673. The Hall–Kier alpha value is -2.17. The number of hydrogen-bond donors (Lipinski definition) is 1. The third-order valence-electron chi connectivity index (χ3n) is 3.59. The first-order valence-electron chi connectivity index (χ1n) is 7.65. The van der Waals surface area contributed by atoms with Crippen LogP contribution in [0.3, 0.4) is 0 Å². The van der Waals surface area contributed by atoms with E-state index >= 15 is 0 Å². The summed E-state index contributed by atoms with van der Waals surface area (Å²) in [6, 6.07) is 28.5. The lowest BCUT2D eigenvalue weighted by molar-refractivity contribution is 1.01. The van der Waals surface area contributed by atoms with Crippen LogP contribution in [0.1, 0.15) is 5.56 Å². The van der Waals surface area contributed by atoms with E-state index in [9.17, 15) is 0 Å². The summed E-state index contributed by atoms with van der Waals surface area (Å²) in [4.78, 5) is 2.10. The second-order valence-corrected chi connectivity index (χ2v) is 6.65. The molecular weight excluding hydrogens is 380 g/mol. The van der Waals surface area contributed by atoms with Gasteiger partial charge in [0.05, 0.1) is 6.54 Å². The van der Waals surface area contributed by atoms with Crippen LogP contribution >= 0.6 is 28.1 Å². The molecule has 0 aliphatic rings. The van der Waals surface area contributed by atoms with Gasteiger partial charge in [0.25, 0.3) is 0 Å². The molecule has 0 aromatic heterocycles. The van der Waals surface area contributed by atoms with Gasteiger partial charge in [0.1, 0.15) is 0 Å². The standard InChI is InChI=1S/C20H17BrN2S/c21-17-11-13-18(14-12-17)22-20(24)23(19-9-5-2-6-10-19)15-16-7-3-1-4-8-16/h1-14H,15H2,(H,22,24). The number of anilines is 2. The van der Waals surface area contributed by atoms with Gasteiger partial charge < -0.3 is 10.2 Å². The number of nitrogens with one attached hydrogen (secondary N) is 1. The van der Waals surface area contributed by atoms with E-state index in [0.29, 0.717) is 11.7 Å². The maximum Gasteiger partial charge on any atom is 0.178 e. The molecule has 24 heavy (non-hydrogen) atoms. The Balaban J connectivity index is 1.83. The number of rotatable bonds is 4.